The number of alkyl halides is 3. The van der Waals surface area contributed by atoms with Gasteiger partial charge in [0.15, 0.2) is 0 Å². The molecule has 0 heterocycles. The van der Waals surface area contributed by atoms with E-state index in [1.807, 2.05) is 30.3 Å². The first kappa shape index (κ1) is 18.5. The fourth-order valence-corrected chi connectivity index (χ4v) is 3.77. The summed E-state index contributed by atoms with van der Waals surface area (Å²) >= 11 is 0. The minimum absolute atomic E-state index is 0.0946. The summed E-state index contributed by atoms with van der Waals surface area (Å²) in [5, 5.41) is 2.88. The van der Waals surface area contributed by atoms with E-state index in [1.54, 1.807) is 6.07 Å². The maximum absolute atomic E-state index is 13.0. The average molecular weight is 361 g/mol. The molecule has 0 bridgehead atoms. The van der Waals surface area contributed by atoms with Crippen molar-refractivity contribution in [2.75, 3.05) is 0 Å². The topological polar surface area (TPSA) is 29.1 Å². The first-order chi connectivity index (χ1) is 12.4. The van der Waals surface area contributed by atoms with Crippen molar-refractivity contribution in [3.63, 3.8) is 0 Å². The maximum atomic E-state index is 13.0. The lowest BCUT2D eigenvalue weighted by Crippen LogP contribution is -2.45. The molecule has 5 heteroatoms. The van der Waals surface area contributed by atoms with Crippen LogP contribution >= 0.6 is 0 Å². The molecule has 0 radical (unpaired) electrons. The Kier molecular flexibility index (Phi) is 5.35. The lowest BCUT2D eigenvalue weighted by atomic mass is 9.68. The van der Waals surface area contributed by atoms with Gasteiger partial charge in [-0.2, -0.15) is 13.2 Å². The van der Waals surface area contributed by atoms with Gasteiger partial charge in [-0.3, -0.25) is 4.79 Å². The zero-order chi connectivity index (χ0) is 18.6. The number of rotatable bonds is 4. The van der Waals surface area contributed by atoms with Crippen LogP contribution in [0, 0.1) is 0 Å². The summed E-state index contributed by atoms with van der Waals surface area (Å²) in [4.78, 5) is 13.0. The molecule has 2 aromatic carbocycles. The van der Waals surface area contributed by atoms with Crippen molar-refractivity contribution < 1.29 is 18.0 Å². The minimum Gasteiger partial charge on any atom is -0.351 e. The third kappa shape index (κ3) is 3.92. The standard InChI is InChI=1S/C21H22F3NO/c22-21(23,24)18-11-7-8-16(14-18)15-25-19(26)20(12-5-2-6-13-20)17-9-3-1-4-10-17/h1,3-4,7-11,14H,2,5-6,12-13,15H2,(H,25,26). The van der Waals surface area contributed by atoms with Crippen LogP contribution in [0.2, 0.25) is 0 Å². The Balaban J connectivity index is 1.77. The van der Waals surface area contributed by atoms with Gasteiger partial charge in [0.05, 0.1) is 11.0 Å². The second-order valence-corrected chi connectivity index (χ2v) is 6.89. The van der Waals surface area contributed by atoms with E-state index < -0.39 is 17.2 Å². The summed E-state index contributed by atoms with van der Waals surface area (Å²) in [7, 11) is 0. The summed E-state index contributed by atoms with van der Waals surface area (Å²) in [5.41, 5.74) is 0.161. The third-order valence-corrected chi connectivity index (χ3v) is 5.18. The lowest BCUT2D eigenvalue weighted by Gasteiger charge is -2.36. The van der Waals surface area contributed by atoms with Gasteiger partial charge in [-0.25, -0.2) is 0 Å². The minimum atomic E-state index is -4.38. The summed E-state index contributed by atoms with van der Waals surface area (Å²) in [6.07, 6.45) is 0.221. The lowest BCUT2D eigenvalue weighted by molar-refractivity contribution is -0.137. The van der Waals surface area contributed by atoms with Crippen LogP contribution in [0.1, 0.15) is 48.8 Å². The molecule has 0 spiro atoms. The molecule has 0 aromatic heterocycles. The highest BCUT2D eigenvalue weighted by molar-refractivity contribution is 5.88. The van der Waals surface area contributed by atoms with Crippen molar-refractivity contribution in [3.8, 4) is 0 Å². The van der Waals surface area contributed by atoms with Gasteiger partial charge in [-0.05, 0) is 36.1 Å². The summed E-state index contributed by atoms with van der Waals surface area (Å²) in [6.45, 7) is 0.0946. The van der Waals surface area contributed by atoms with Gasteiger partial charge < -0.3 is 5.32 Å². The van der Waals surface area contributed by atoms with Gasteiger partial charge in [0.25, 0.3) is 0 Å². The predicted molar refractivity (Wildman–Crippen MR) is 94.5 cm³/mol. The smallest absolute Gasteiger partial charge is 0.351 e. The summed E-state index contributed by atoms with van der Waals surface area (Å²) < 4.78 is 38.6. The quantitative estimate of drug-likeness (QED) is 0.794. The van der Waals surface area contributed by atoms with Gasteiger partial charge in [0.1, 0.15) is 0 Å². The highest BCUT2D eigenvalue weighted by Gasteiger charge is 2.40. The molecular formula is C21H22F3NO. The molecule has 1 fully saturated rings. The third-order valence-electron chi connectivity index (χ3n) is 5.18. The highest BCUT2D eigenvalue weighted by atomic mass is 19.4. The fraction of sp³-hybridized carbons (Fsp3) is 0.381. The Morgan fingerprint density at radius 3 is 2.31 bits per heavy atom. The molecule has 138 valence electrons. The van der Waals surface area contributed by atoms with Crippen molar-refractivity contribution in [3.05, 3.63) is 71.3 Å². The molecule has 0 aliphatic heterocycles. The Labute approximate surface area is 151 Å². The van der Waals surface area contributed by atoms with Crippen molar-refractivity contribution in [1.29, 1.82) is 0 Å². The highest BCUT2D eigenvalue weighted by Crippen LogP contribution is 2.39. The van der Waals surface area contributed by atoms with Crippen LogP contribution < -0.4 is 5.32 Å². The van der Waals surface area contributed by atoms with E-state index in [4.69, 9.17) is 0 Å². The van der Waals surface area contributed by atoms with Gasteiger partial charge in [0, 0.05) is 6.54 Å². The van der Waals surface area contributed by atoms with Gasteiger partial charge >= 0.3 is 6.18 Å². The largest absolute Gasteiger partial charge is 0.416 e. The molecule has 3 rings (SSSR count). The predicted octanol–water partition coefficient (Wildman–Crippen LogP) is 5.22. The number of halogens is 3. The molecule has 2 nitrogen and oxygen atoms in total. The monoisotopic (exact) mass is 361 g/mol. The van der Waals surface area contributed by atoms with Crippen LogP contribution in [0.5, 0.6) is 0 Å². The number of benzene rings is 2. The van der Waals surface area contributed by atoms with Crippen LogP contribution in [-0.4, -0.2) is 5.91 Å². The zero-order valence-electron chi connectivity index (χ0n) is 14.5. The Hall–Kier alpha value is -2.30. The number of nitrogens with one attached hydrogen (secondary N) is 1. The van der Waals surface area contributed by atoms with Crippen LogP contribution in [0.15, 0.2) is 54.6 Å². The SMILES string of the molecule is O=C(NCc1cccc(C(F)(F)F)c1)C1(c2ccccc2)CCCCC1. The van der Waals surface area contributed by atoms with Crippen LogP contribution in [0.4, 0.5) is 13.2 Å². The van der Waals surface area contributed by atoms with Gasteiger partial charge in [-0.1, -0.05) is 61.7 Å². The number of carbonyl (C=O) groups is 1. The molecule has 0 unspecified atom stereocenters. The Bertz CT molecular complexity index is 749. The van der Waals surface area contributed by atoms with E-state index in [2.05, 4.69) is 5.32 Å². The van der Waals surface area contributed by atoms with E-state index in [1.165, 1.54) is 6.07 Å². The summed E-state index contributed by atoms with van der Waals surface area (Å²) in [6, 6.07) is 14.8. The first-order valence-corrected chi connectivity index (χ1v) is 8.92. The van der Waals surface area contributed by atoms with E-state index in [-0.39, 0.29) is 12.5 Å². The van der Waals surface area contributed by atoms with Gasteiger partial charge in [0.2, 0.25) is 5.91 Å². The molecule has 0 atom stereocenters. The van der Waals surface area contributed by atoms with E-state index in [9.17, 15) is 18.0 Å². The van der Waals surface area contributed by atoms with Crippen molar-refractivity contribution in [2.45, 2.75) is 50.2 Å². The normalized spacial score (nSPS) is 16.9. The molecule has 1 aliphatic rings. The zero-order valence-corrected chi connectivity index (χ0v) is 14.5. The molecule has 26 heavy (non-hydrogen) atoms. The fourth-order valence-electron chi connectivity index (χ4n) is 3.77. The van der Waals surface area contributed by atoms with Crippen LogP contribution in [0.25, 0.3) is 0 Å². The second kappa shape index (κ2) is 7.52. The average Bonchev–Trinajstić information content (AvgIpc) is 2.67. The Morgan fingerprint density at radius 2 is 1.65 bits per heavy atom. The summed E-state index contributed by atoms with van der Waals surface area (Å²) in [5.74, 6) is -0.0965. The number of hydrogen-bond donors (Lipinski definition) is 1. The van der Waals surface area contributed by atoms with Crippen LogP contribution in [-0.2, 0) is 22.9 Å². The maximum Gasteiger partial charge on any atom is 0.416 e. The molecule has 1 saturated carbocycles. The number of carbonyl (C=O) groups excluding carboxylic acids is 1. The first-order valence-electron chi connectivity index (χ1n) is 8.92. The van der Waals surface area contributed by atoms with Crippen molar-refractivity contribution in [2.24, 2.45) is 0 Å². The molecular weight excluding hydrogens is 339 g/mol. The molecule has 2 aromatic rings. The Morgan fingerprint density at radius 1 is 0.962 bits per heavy atom. The van der Waals surface area contributed by atoms with E-state index in [0.717, 1.165) is 49.8 Å². The van der Waals surface area contributed by atoms with Gasteiger partial charge in [-0.15, -0.1) is 0 Å². The number of hydrogen-bond acceptors (Lipinski definition) is 1. The molecule has 1 aliphatic carbocycles. The van der Waals surface area contributed by atoms with E-state index in [0.29, 0.717) is 5.56 Å². The number of amides is 1. The second-order valence-electron chi connectivity index (χ2n) is 6.89. The molecule has 1 N–H and O–H groups in total. The van der Waals surface area contributed by atoms with Crippen LogP contribution in [0.3, 0.4) is 0 Å². The van der Waals surface area contributed by atoms with E-state index >= 15 is 0 Å². The molecule has 1 amide bonds. The van der Waals surface area contributed by atoms with Crippen molar-refractivity contribution in [1.82, 2.24) is 5.32 Å². The molecule has 0 saturated heterocycles. The van der Waals surface area contributed by atoms with Crippen molar-refractivity contribution >= 4 is 5.91 Å².